The second-order valence-electron chi connectivity index (χ2n) is 6.09. The number of nitro benzene ring substituents is 1. The van der Waals surface area contributed by atoms with Crippen molar-refractivity contribution in [2.45, 2.75) is 19.8 Å². The highest BCUT2D eigenvalue weighted by Gasteiger charge is 2.21. The van der Waals surface area contributed by atoms with Gasteiger partial charge >= 0.3 is 11.7 Å². The van der Waals surface area contributed by atoms with Gasteiger partial charge in [-0.25, -0.2) is 4.39 Å². The molecule has 0 saturated heterocycles. The van der Waals surface area contributed by atoms with Crippen molar-refractivity contribution in [2.75, 3.05) is 6.29 Å². The van der Waals surface area contributed by atoms with Crippen LogP contribution in [0.25, 0.3) is 0 Å². The van der Waals surface area contributed by atoms with E-state index in [2.05, 4.69) is 5.32 Å². The van der Waals surface area contributed by atoms with Gasteiger partial charge in [-0.15, -0.1) is 0 Å². The zero-order chi connectivity index (χ0) is 22.3. The summed E-state index contributed by atoms with van der Waals surface area (Å²) in [7, 11) is 0.511. The third kappa shape index (κ3) is 6.20. The van der Waals surface area contributed by atoms with Crippen molar-refractivity contribution in [3.8, 4) is 5.75 Å². The summed E-state index contributed by atoms with van der Waals surface area (Å²) in [5, 5.41) is 13.8. The van der Waals surface area contributed by atoms with E-state index in [1.165, 1.54) is 18.2 Å². The maximum atomic E-state index is 13.6. The number of carbonyl (C=O) groups is 3. The quantitative estimate of drug-likeness (QED) is 0.155. The molecule has 0 heterocycles. The van der Waals surface area contributed by atoms with Crippen molar-refractivity contribution < 1.29 is 28.4 Å². The second-order valence-corrected chi connectivity index (χ2v) is 7.44. The Hall–Kier alpha value is -3.10. The number of amides is 1. The van der Waals surface area contributed by atoms with Gasteiger partial charge in [0.1, 0.15) is 5.82 Å². The van der Waals surface area contributed by atoms with E-state index < -0.39 is 34.1 Å². The highest BCUT2D eigenvalue weighted by Crippen LogP contribution is 2.28. The fraction of sp³-hybridized carbons (Fsp3) is 0.211. The predicted molar refractivity (Wildman–Crippen MR) is 110 cm³/mol. The lowest BCUT2D eigenvalue weighted by Crippen LogP contribution is -2.21. The predicted octanol–water partition coefficient (Wildman–Crippen LogP) is 3.71. The molecule has 0 bridgehead atoms. The monoisotopic (exact) mass is 450 g/mol. The number of nitrogens with zero attached hydrogens (tertiary/aromatic N) is 1. The number of Topliss-reactive ketones (excluding diaryl/α,β-unsaturated/α-hetero) is 1. The van der Waals surface area contributed by atoms with Gasteiger partial charge in [-0.05, 0) is 38.0 Å². The summed E-state index contributed by atoms with van der Waals surface area (Å²) in [6.45, 7) is 1.56. The minimum atomic E-state index is -0.874. The molecule has 11 heteroatoms. The summed E-state index contributed by atoms with van der Waals surface area (Å²) in [5.41, 5.74) is -0.0552. The number of nitro groups is 1. The largest absolute Gasteiger partial charge is 0.419 e. The van der Waals surface area contributed by atoms with Crippen molar-refractivity contribution in [2.24, 2.45) is 0 Å². The van der Waals surface area contributed by atoms with E-state index >= 15 is 0 Å². The number of ketones is 1. The lowest BCUT2D eigenvalue weighted by atomic mass is 10.0. The van der Waals surface area contributed by atoms with E-state index in [-0.39, 0.29) is 36.0 Å². The molecule has 0 aliphatic heterocycles. The molecule has 156 valence electrons. The number of hydrogen-bond donors (Lipinski definition) is 1. The number of ether oxygens (including phenoxy) is 1. The molecule has 0 aliphatic rings. The Bertz CT molecular complexity index is 1030. The van der Waals surface area contributed by atoms with Crippen molar-refractivity contribution in [3.05, 3.63) is 69.0 Å². The maximum absolute atomic E-state index is 13.6. The van der Waals surface area contributed by atoms with Crippen LogP contribution in [0.15, 0.2) is 36.4 Å². The standard InChI is InChI=1S/C19H16FN2O6PS/c1-11-2-3-12(8-14(11)20)16(23)5-7-18(24)28-17-6-4-13(9-15(17)22(26)27)19(25)21-10-29-30/h2-4,6,8-9H,5,7,10H2,1H3,(H,21,25). The van der Waals surface area contributed by atoms with Crippen LogP contribution in [0.3, 0.4) is 0 Å². The normalized spacial score (nSPS) is 10.5. The van der Waals surface area contributed by atoms with Gasteiger partial charge in [0.15, 0.2) is 5.78 Å². The summed E-state index contributed by atoms with van der Waals surface area (Å²) >= 11 is 4.69. The Morgan fingerprint density at radius 1 is 1.17 bits per heavy atom. The second kappa shape index (κ2) is 10.6. The first kappa shape index (κ1) is 23.2. The minimum Gasteiger partial charge on any atom is -0.419 e. The molecule has 0 unspecified atom stereocenters. The average molecular weight is 450 g/mol. The molecule has 0 aromatic heterocycles. The van der Waals surface area contributed by atoms with E-state index in [1.54, 1.807) is 6.92 Å². The number of hydrogen-bond acceptors (Lipinski definition) is 7. The number of esters is 1. The molecule has 2 aromatic carbocycles. The molecule has 0 aliphatic carbocycles. The van der Waals surface area contributed by atoms with E-state index in [1.807, 2.05) is 0 Å². The van der Waals surface area contributed by atoms with E-state index in [9.17, 15) is 28.9 Å². The number of carbonyl (C=O) groups excluding carboxylic acids is 3. The molecule has 2 rings (SSSR count). The molecule has 0 saturated carbocycles. The van der Waals surface area contributed by atoms with Crippen molar-refractivity contribution in [1.29, 1.82) is 0 Å². The molecule has 2 aromatic rings. The van der Waals surface area contributed by atoms with Crippen LogP contribution < -0.4 is 10.1 Å². The number of aryl methyl sites for hydroxylation is 1. The number of rotatable bonds is 9. The molecule has 1 N–H and O–H groups in total. The molecule has 0 spiro atoms. The number of benzene rings is 2. The summed E-state index contributed by atoms with van der Waals surface area (Å²) in [6.07, 6.45) is -0.404. The van der Waals surface area contributed by atoms with Crippen LogP contribution in [-0.2, 0) is 16.6 Å². The van der Waals surface area contributed by atoms with Gasteiger partial charge in [0.25, 0.3) is 5.91 Å². The first-order valence-electron chi connectivity index (χ1n) is 8.58. The lowest BCUT2D eigenvalue weighted by Gasteiger charge is -2.07. The number of nitrogens with one attached hydrogen (secondary N) is 1. The Kier molecular flexibility index (Phi) is 8.20. The summed E-state index contributed by atoms with van der Waals surface area (Å²) in [5.74, 6) is -2.77. The van der Waals surface area contributed by atoms with E-state index in [0.717, 1.165) is 18.2 Å². The maximum Gasteiger partial charge on any atom is 0.312 e. The third-order valence-electron chi connectivity index (χ3n) is 4.00. The molecule has 30 heavy (non-hydrogen) atoms. The zero-order valence-corrected chi connectivity index (χ0v) is 17.4. The average Bonchev–Trinajstić information content (AvgIpc) is 2.72. The Balaban J connectivity index is 2.05. The molecule has 1 amide bonds. The Labute approximate surface area is 177 Å². The number of halogens is 1. The molecule has 0 fully saturated rings. The van der Waals surface area contributed by atoms with Gasteiger partial charge < -0.3 is 10.1 Å². The highest BCUT2D eigenvalue weighted by molar-refractivity contribution is 7.96. The Morgan fingerprint density at radius 3 is 2.50 bits per heavy atom. The SMILES string of the molecule is Cc1ccc(C(=O)CCC(=O)Oc2ccc(C(=O)NCP=S)cc2[N+](=O)[O-])cc1F. The molecule has 0 radical (unpaired) electrons. The lowest BCUT2D eigenvalue weighted by molar-refractivity contribution is -0.385. The molecular weight excluding hydrogens is 434 g/mol. The van der Waals surface area contributed by atoms with Gasteiger partial charge in [0, 0.05) is 23.6 Å². The van der Waals surface area contributed by atoms with Crippen molar-refractivity contribution in [1.82, 2.24) is 5.32 Å². The fourth-order valence-electron chi connectivity index (χ4n) is 2.39. The fourth-order valence-corrected chi connectivity index (χ4v) is 2.80. The van der Waals surface area contributed by atoms with E-state index in [0.29, 0.717) is 12.9 Å². The summed E-state index contributed by atoms with van der Waals surface area (Å²) in [6, 6.07) is 7.38. The van der Waals surface area contributed by atoms with Crippen LogP contribution in [-0.4, -0.2) is 28.9 Å². The topological polar surface area (TPSA) is 116 Å². The minimum absolute atomic E-state index is 0.0109. The molecular formula is C19H16FN2O6PS. The highest BCUT2D eigenvalue weighted by atomic mass is 32.4. The first-order chi connectivity index (χ1) is 14.2. The van der Waals surface area contributed by atoms with Crippen LogP contribution >= 0.6 is 7.36 Å². The molecule has 8 nitrogen and oxygen atoms in total. The van der Waals surface area contributed by atoms with Gasteiger partial charge in [-0.3, -0.25) is 24.5 Å². The van der Waals surface area contributed by atoms with Gasteiger partial charge in [-0.2, -0.15) is 0 Å². The van der Waals surface area contributed by atoms with Gasteiger partial charge in [-0.1, -0.05) is 23.9 Å². The van der Waals surface area contributed by atoms with Crippen LogP contribution in [0.2, 0.25) is 0 Å². The van der Waals surface area contributed by atoms with Crippen LogP contribution in [0.1, 0.15) is 39.1 Å². The summed E-state index contributed by atoms with van der Waals surface area (Å²) in [4.78, 5) is 46.6. The van der Waals surface area contributed by atoms with Crippen molar-refractivity contribution >= 4 is 42.5 Å². The smallest absolute Gasteiger partial charge is 0.312 e. The van der Waals surface area contributed by atoms with Gasteiger partial charge in [0.05, 0.1) is 17.6 Å². The van der Waals surface area contributed by atoms with Crippen LogP contribution in [0, 0.1) is 22.9 Å². The summed E-state index contributed by atoms with van der Waals surface area (Å²) < 4.78 is 18.6. The van der Waals surface area contributed by atoms with Crippen molar-refractivity contribution in [3.63, 3.8) is 0 Å². The zero-order valence-electron chi connectivity index (χ0n) is 15.7. The molecule has 0 atom stereocenters. The van der Waals surface area contributed by atoms with Crippen LogP contribution in [0.5, 0.6) is 5.75 Å². The van der Waals surface area contributed by atoms with Gasteiger partial charge in [0.2, 0.25) is 5.75 Å². The van der Waals surface area contributed by atoms with Crippen LogP contribution in [0.4, 0.5) is 10.1 Å². The first-order valence-corrected chi connectivity index (χ1v) is 10.7. The third-order valence-corrected chi connectivity index (χ3v) is 4.67. The van der Waals surface area contributed by atoms with E-state index in [4.69, 9.17) is 16.5 Å². The Morgan fingerprint density at radius 2 is 1.87 bits per heavy atom.